The van der Waals surface area contributed by atoms with Crippen molar-refractivity contribution in [3.63, 3.8) is 0 Å². The third kappa shape index (κ3) is 5.08. The van der Waals surface area contributed by atoms with Crippen molar-refractivity contribution < 1.29 is 23.8 Å². The molecule has 2 heterocycles. The Bertz CT molecular complexity index is 1130. The van der Waals surface area contributed by atoms with E-state index in [-0.39, 0.29) is 30.7 Å². The van der Waals surface area contributed by atoms with Gasteiger partial charge in [0.1, 0.15) is 5.52 Å². The van der Waals surface area contributed by atoms with Crippen LogP contribution in [0.3, 0.4) is 0 Å². The lowest BCUT2D eigenvalue weighted by Gasteiger charge is -2.38. The molecule has 1 aromatic heterocycles. The molecule has 8 nitrogen and oxygen atoms in total. The number of nitrogens with zero attached hydrogens (tertiary/aromatic N) is 2. The Morgan fingerprint density at radius 1 is 1.39 bits per heavy atom. The molecule has 3 atom stereocenters. The topological polar surface area (TPSA) is 97.1 Å². The predicted molar refractivity (Wildman–Crippen MR) is 126 cm³/mol. The van der Waals surface area contributed by atoms with Crippen molar-refractivity contribution in [1.82, 2.24) is 9.88 Å². The van der Waals surface area contributed by atoms with Crippen molar-refractivity contribution in [3.8, 4) is 5.75 Å². The van der Waals surface area contributed by atoms with Gasteiger partial charge in [0, 0.05) is 23.7 Å². The van der Waals surface area contributed by atoms with Crippen molar-refractivity contribution in [1.29, 1.82) is 0 Å². The number of ether oxygens (including phenoxy) is 2. The van der Waals surface area contributed by atoms with Crippen LogP contribution in [0.4, 0.5) is 6.01 Å². The summed E-state index contributed by atoms with van der Waals surface area (Å²) in [5, 5.41) is 13.3. The molecule has 1 aliphatic heterocycles. The van der Waals surface area contributed by atoms with Gasteiger partial charge in [-0.15, -0.1) is 0 Å². The summed E-state index contributed by atoms with van der Waals surface area (Å²) in [6, 6.07) is 11.0. The molecule has 9 heteroatoms. The van der Waals surface area contributed by atoms with E-state index in [1.807, 2.05) is 38.1 Å². The van der Waals surface area contributed by atoms with Gasteiger partial charge in [-0.05, 0) is 50.1 Å². The Labute approximate surface area is 197 Å². The van der Waals surface area contributed by atoms with E-state index in [4.69, 9.17) is 25.5 Å². The molecule has 1 saturated heterocycles. The molecule has 176 valence electrons. The number of hydrogen-bond acceptors (Lipinski definition) is 7. The molecule has 1 aliphatic rings. The molecule has 0 unspecified atom stereocenters. The lowest BCUT2D eigenvalue weighted by atomic mass is 10.1. The number of aliphatic hydroxyl groups excluding tert-OH is 1. The highest BCUT2D eigenvalue weighted by atomic mass is 35.5. The standard InChI is InChI=1S/C24H28ClN3O5/c1-14-12-28(19(7-8-29)13-32-14)23(30)17-10-20-22(21(11-17)31-3)33-24(27-20)26-15(2)16-5-4-6-18(25)9-16/h4-6,9-11,14-15,19,29H,7-8,12-13H2,1-3H3,(H,26,27)/t14-,15+,19-/m0/s1. The molecule has 3 aromatic rings. The fraction of sp³-hybridized carbons (Fsp3) is 0.417. The first-order valence-corrected chi connectivity index (χ1v) is 11.3. The molecule has 2 aromatic carbocycles. The van der Waals surface area contributed by atoms with Crippen LogP contribution >= 0.6 is 11.6 Å². The van der Waals surface area contributed by atoms with E-state index in [1.165, 1.54) is 7.11 Å². The first-order chi connectivity index (χ1) is 15.9. The van der Waals surface area contributed by atoms with Crippen LogP contribution in [0.15, 0.2) is 40.8 Å². The number of rotatable bonds is 7. The number of amides is 1. The number of methoxy groups -OCH3 is 1. The molecule has 0 bridgehead atoms. The second kappa shape index (κ2) is 9.99. The number of anilines is 1. The molecule has 0 aliphatic carbocycles. The Morgan fingerprint density at radius 3 is 2.94 bits per heavy atom. The van der Waals surface area contributed by atoms with Crippen molar-refractivity contribution in [2.45, 2.75) is 38.5 Å². The van der Waals surface area contributed by atoms with Gasteiger partial charge in [-0.25, -0.2) is 0 Å². The van der Waals surface area contributed by atoms with E-state index in [9.17, 15) is 9.90 Å². The van der Waals surface area contributed by atoms with Gasteiger partial charge in [0.2, 0.25) is 0 Å². The Kier molecular flexibility index (Phi) is 7.07. The fourth-order valence-electron chi connectivity index (χ4n) is 4.03. The van der Waals surface area contributed by atoms with Crippen LogP contribution in [0, 0.1) is 0 Å². The third-order valence-electron chi connectivity index (χ3n) is 5.80. The summed E-state index contributed by atoms with van der Waals surface area (Å²) >= 11 is 6.10. The Balaban J connectivity index is 1.62. The average Bonchev–Trinajstić information content (AvgIpc) is 3.21. The molecule has 1 fully saturated rings. The van der Waals surface area contributed by atoms with Gasteiger partial charge in [-0.2, -0.15) is 4.98 Å². The van der Waals surface area contributed by atoms with Crippen LogP contribution in [-0.2, 0) is 4.74 Å². The number of fused-ring (bicyclic) bond motifs is 1. The van der Waals surface area contributed by atoms with Gasteiger partial charge < -0.3 is 29.2 Å². The van der Waals surface area contributed by atoms with Gasteiger partial charge in [0.05, 0.1) is 31.9 Å². The van der Waals surface area contributed by atoms with Crippen molar-refractivity contribution in [2.75, 3.05) is 32.2 Å². The maximum atomic E-state index is 13.4. The van der Waals surface area contributed by atoms with Crippen LogP contribution in [0.25, 0.3) is 11.1 Å². The number of morpholine rings is 1. The third-order valence-corrected chi connectivity index (χ3v) is 6.04. The lowest BCUT2D eigenvalue weighted by molar-refractivity contribution is -0.0486. The number of nitrogens with one attached hydrogen (secondary N) is 1. The van der Waals surface area contributed by atoms with Gasteiger partial charge >= 0.3 is 0 Å². The van der Waals surface area contributed by atoms with Crippen LogP contribution in [-0.4, -0.2) is 59.9 Å². The highest BCUT2D eigenvalue weighted by Gasteiger charge is 2.31. The molecule has 0 radical (unpaired) electrons. The number of benzene rings is 2. The number of carbonyl (C=O) groups is 1. The minimum absolute atomic E-state index is 0.0162. The summed E-state index contributed by atoms with van der Waals surface area (Å²) in [4.78, 5) is 19.7. The number of halogens is 1. The lowest BCUT2D eigenvalue weighted by Crippen LogP contribution is -2.51. The largest absolute Gasteiger partial charge is 0.493 e. The fourth-order valence-corrected chi connectivity index (χ4v) is 4.23. The van der Waals surface area contributed by atoms with Gasteiger partial charge in [0.25, 0.3) is 11.9 Å². The predicted octanol–water partition coefficient (Wildman–Crippen LogP) is 4.27. The zero-order valence-corrected chi connectivity index (χ0v) is 19.6. The van der Waals surface area contributed by atoms with Crippen LogP contribution in [0.5, 0.6) is 5.75 Å². The van der Waals surface area contributed by atoms with E-state index in [0.717, 1.165) is 5.56 Å². The highest BCUT2D eigenvalue weighted by molar-refractivity contribution is 6.30. The molecule has 0 saturated carbocycles. The minimum Gasteiger partial charge on any atom is -0.493 e. The van der Waals surface area contributed by atoms with Gasteiger partial charge in [0.15, 0.2) is 11.3 Å². The molecule has 33 heavy (non-hydrogen) atoms. The Hall–Kier alpha value is -2.81. The summed E-state index contributed by atoms with van der Waals surface area (Å²) in [6.07, 6.45) is 0.377. The van der Waals surface area contributed by atoms with Crippen molar-refractivity contribution >= 4 is 34.6 Å². The molecular weight excluding hydrogens is 446 g/mol. The van der Waals surface area contributed by atoms with Crippen molar-refractivity contribution in [2.24, 2.45) is 0 Å². The first-order valence-electron chi connectivity index (χ1n) is 10.9. The minimum atomic E-state index is -0.187. The zero-order chi connectivity index (χ0) is 23.5. The molecule has 2 N–H and O–H groups in total. The van der Waals surface area contributed by atoms with Gasteiger partial charge in [-0.1, -0.05) is 23.7 Å². The maximum Gasteiger partial charge on any atom is 0.296 e. The average molecular weight is 474 g/mol. The zero-order valence-electron chi connectivity index (χ0n) is 18.9. The smallest absolute Gasteiger partial charge is 0.296 e. The van der Waals surface area contributed by atoms with Crippen molar-refractivity contribution in [3.05, 3.63) is 52.5 Å². The maximum absolute atomic E-state index is 13.4. The number of carbonyl (C=O) groups excluding carboxylic acids is 1. The monoisotopic (exact) mass is 473 g/mol. The number of aliphatic hydroxyl groups is 1. The quantitative estimate of drug-likeness (QED) is 0.528. The first kappa shape index (κ1) is 23.4. The summed E-state index contributed by atoms with van der Waals surface area (Å²) in [5.74, 6) is 0.264. The summed E-state index contributed by atoms with van der Waals surface area (Å²) in [7, 11) is 1.53. The summed E-state index contributed by atoms with van der Waals surface area (Å²) in [5.41, 5.74) is 2.40. The molecule has 4 rings (SSSR count). The normalized spacial score (nSPS) is 19.5. The molecule has 0 spiro atoms. The van der Waals surface area contributed by atoms with Crippen LogP contribution < -0.4 is 10.1 Å². The second-order valence-corrected chi connectivity index (χ2v) is 8.67. The summed E-state index contributed by atoms with van der Waals surface area (Å²) < 4.78 is 17.1. The molecule has 1 amide bonds. The van der Waals surface area contributed by atoms with E-state index in [1.54, 1.807) is 17.0 Å². The van der Waals surface area contributed by atoms with E-state index < -0.39 is 0 Å². The van der Waals surface area contributed by atoms with Crippen LogP contribution in [0.1, 0.15) is 42.2 Å². The number of oxazole rings is 1. The summed E-state index contributed by atoms with van der Waals surface area (Å²) in [6.45, 7) is 4.74. The molecular formula is C24H28ClN3O5. The number of hydrogen-bond donors (Lipinski definition) is 2. The van der Waals surface area contributed by atoms with Crippen LogP contribution in [0.2, 0.25) is 5.02 Å². The SMILES string of the molecule is COc1cc(C(=O)N2C[C@H](C)OC[C@@H]2CCO)cc2nc(N[C@H](C)c3cccc(Cl)c3)oc12. The highest BCUT2D eigenvalue weighted by Crippen LogP contribution is 2.32. The second-order valence-electron chi connectivity index (χ2n) is 8.23. The van der Waals surface area contributed by atoms with E-state index in [0.29, 0.717) is 53.0 Å². The van der Waals surface area contributed by atoms with Gasteiger partial charge in [-0.3, -0.25) is 4.79 Å². The van der Waals surface area contributed by atoms with E-state index >= 15 is 0 Å². The van der Waals surface area contributed by atoms with E-state index in [2.05, 4.69) is 10.3 Å². The Morgan fingerprint density at radius 2 is 2.21 bits per heavy atom. The number of aromatic nitrogens is 1.